The van der Waals surface area contributed by atoms with Crippen LogP contribution in [0.1, 0.15) is 27.4 Å². The van der Waals surface area contributed by atoms with Gasteiger partial charge in [0.05, 0.1) is 17.6 Å². The van der Waals surface area contributed by atoms with E-state index in [9.17, 15) is 14.7 Å². The minimum Gasteiger partial charge on any atom is -0.480 e. The minimum atomic E-state index is -1.10. The topological polar surface area (TPSA) is 108 Å². The average Bonchev–Trinajstić information content (AvgIpc) is 2.90. The Morgan fingerprint density at radius 3 is 2.71 bits per heavy atom. The number of nitrogens with zero attached hydrogens (tertiary/aromatic N) is 2. The highest BCUT2D eigenvalue weighted by Crippen LogP contribution is 2.08. The molecule has 0 bridgehead atoms. The molecule has 1 unspecified atom stereocenters. The van der Waals surface area contributed by atoms with Crippen LogP contribution in [0.2, 0.25) is 0 Å². The maximum absolute atomic E-state index is 12.2. The smallest absolute Gasteiger partial charge is 0.326 e. The van der Waals surface area contributed by atoms with Crippen LogP contribution in [0.5, 0.6) is 0 Å². The first kappa shape index (κ1) is 14.7. The van der Waals surface area contributed by atoms with Crippen molar-refractivity contribution in [1.29, 1.82) is 0 Å². The third-order valence-electron chi connectivity index (χ3n) is 3.05. The van der Waals surface area contributed by atoms with Crippen molar-refractivity contribution >= 4 is 11.9 Å². The van der Waals surface area contributed by atoms with Crippen molar-refractivity contribution in [1.82, 2.24) is 20.3 Å². The molecule has 7 heteroatoms. The van der Waals surface area contributed by atoms with Gasteiger partial charge in [0.15, 0.2) is 0 Å². The molecule has 0 saturated heterocycles. The molecule has 2 rings (SSSR count). The number of imidazole rings is 1. The maximum atomic E-state index is 12.2. The fourth-order valence-corrected chi connectivity index (χ4v) is 1.98. The predicted molar refractivity (Wildman–Crippen MR) is 74.9 cm³/mol. The number of pyridine rings is 1. The third kappa shape index (κ3) is 3.65. The number of carboxylic acid groups (broad SMARTS) is 1. The normalized spacial score (nSPS) is 11.9. The standard InChI is InChI=1S/C14H16N4O3/c1-8-3-4-11(9(2)17-8)13(19)18-12(14(20)21)5-10-6-15-7-16-10/h3-4,6-7,12H,5H2,1-2H3,(H,15,16)(H,18,19)(H,20,21). The molecule has 0 aliphatic rings. The summed E-state index contributed by atoms with van der Waals surface area (Å²) in [6.45, 7) is 3.54. The summed E-state index contributed by atoms with van der Waals surface area (Å²) in [4.78, 5) is 34.3. The molecule has 0 fully saturated rings. The second kappa shape index (κ2) is 6.17. The molecule has 7 nitrogen and oxygen atoms in total. The fourth-order valence-electron chi connectivity index (χ4n) is 1.98. The van der Waals surface area contributed by atoms with Gasteiger partial charge in [-0.2, -0.15) is 0 Å². The van der Waals surface area contributed by atoms with Crippen molar-refractivity contribution < 1.29 is 14.7 Å². The van der Waals surface area contributed by atoms with Crippen molar-refractivity contribution in [2.24, 2.45) is 0 Å². The number of carboxylic acids is 1. The lowest BCUT2D eigenvalue weighted by Crippen LogP contribution is -2.42. The number of carbonyl (C=O) groups excluding carboxylic acids is 1. The molecule has 2 heterocycles. The van der Waals surface area contributed by atoms with Gasteiger partial charge in [0, 0.05) is 24.0 Å². The molecular weight excluding hydrogens is 272 g/mol. The number of aromatic amines is 1. The van der Waals surface area contributed by atoms with Gasteiger partial charge in [-0.15, -0.1) is 0 Å². The Kier molecular flexibility index (Phi) is 4.32. The Hall–Kier alpha value is -2.70. The van der Waals surface area contributed by atoms with E-state index in [0.29, 0.717) is 17.0 Å². The zero-order valence-corrected chi connectivity index (χ0v) is 11.8. The molecule has 0 radical (unpaired) electrons. The lowest BCUT2D eigenvalue weighted by molar-refractivity contribution is -0.139. The Morgan fingerprint density at radius 2 is 2.14 bits per heavy atom. The Morgan fingerprint density at radius 1 is 1.38 bits per heavy atom. The number of carbonyl (C=O) groups is 2. The lowest BCUT2D eigenvalue weighted by Gasteiger charge is -2.14. The van der Waals surface area contributed by atoms with E-state index in [0.717, 1.165) is 5.69 Å². The van der Waals surface area contributed by atoms with Crippen molar-refractivity contribution in [3.8, 4) is 0 Å². The molecule has 0 aromatic carbocycles. The second-order valence-corrected chi connectivity index (χ2v) is 4.73. The monoisotopic (exact) mass is 288 g/mol. The molecule has 110 valence electrons. The van der Waals surface area contributed by atoms with Crippen molar-refractivity contribution in [3.05, 3.63) is 47.3 Å². The fraction of sp³-hybridized carbons (Fsp3) is 0.286. The molecule has 0 aliphatic heterocycles. The molecule has 1 amide bonds. The van der Waals surface area contributed by atoms with Crippen LogP contribution in [0.25, 0.3) is 0 Å². The van der Waals surface area contributed by atoms with Gasteiger partial charge in [0.1, 0.15) is 6.04 Å². The van der Waals surface area contributed by atoms with Crippen LogP contribution in [0.4, 0.5) is 0 Å². The first-order valence-corrected chi connectivity index (χ1v) is 6.42. The highest BCUT2D eigenvalue weighted by Gasteiger charge is 2.22. The first-order valence-electron chi connectivity index (χ1n) is 6.42. The number of H-pyrrole nitrogens is 1. The largest absolute Gasteiger partial charge is 0.480 e. The van der Waals surface area contributed by atoms with Crippen LogP contribution in [0.15, 0.2) is 24.7 Å². The van der Waals surface area contributed by atoms with E-state index in [2.05, 4.69) is 20.3 Å². The quantitative estimate of drug-likeness (QED) is 0.755. The predicted octanol–water partition coefficient (Wildman–Crippen LogP) is 0.847. The lowest BCUT2D eigenvalue weighted by atomic mass is 10.1. The number of aliphatic carboxylic acids is 1. The van der Waals surface area contributed by atoms with Gasteiger partial charge >= 0.3 is 5.97 Å². The number of hydrogen-bond acceptors (Lipinski definition) is 4. The van der Waals surface area contributed by atoms with Crippen LogP contribution in [0, 0.1) is 13.8 Å². The summed E-state index contributed by atoms with van der Waals surface area (Å²) < 4.78 is 0. The Labute approximate surface area is 121 Å². The average molecular weight is 288 g/mol. The van der Waals surface area contributed by atoms with Gasteiger partial charge in [-0.1, -0.05) is 0 Å². The summed E-state index contributed by atoms with van der Waals surface area (Å²) in [5, 5.41) is 11.7. The van der Waals surface area contributed by atoms with Gasteiger partial charge in [0.25, 0.3) is 5.91 Å². The van der Waals surface area contributed by atoms with E-state index >= 15 is 0 Å². The summed E-state index contributed by atoms with van der Waals surface area (Å²) in [5.41, 5.74) is 2.38. The number of aromatic nitrogens is 3. The Bertz CT molecular complexity index is 652. The number of nitrogens with one attached hydrogen (secondary N) is 2. The minimum absolute atomic E-state index is 0.138. The summed E-state index contributed by atoms with van der Waals surface area (Å²) >= 11 is 0. The van der Waals surface area contributed by atoms with Crippen LogP contribution in [0.3, 0.4) is 0 Å². The summed E-state index contributed by atoms with van der Waals surface area (Å²) in [6, 6.07) is 2.33. The number of aryl methyl sites for hydroxylation is 2. The second-order valence-electron chi connectivity index (χ2n) is 4.73. The molecule has 2 aromatic rings. The van der Waals surface area contributed by atoms with Crippen molar-refractivity contribution in [2.45, 2.75) is 26.3 Å². The SMILES string of the molecule is Cc1ccc(C(=O)NC(Cc2cnc[nH]2)C(=O)O)c(C)n1. The summed E-state index contributed by atoms with van der Waals surface area (Å²) in [7, 11) is 0. The summed E-state index contributed by atoms with van der Waals surface area (Å²) in [5.74, 6) is -1.55. The molecule has 0 aliphatic carbocycles. The van der Waals surface area contributed by atoms with E-state index < -0.39 is 17.9 Å². The van der Waals surface area contributed by atoms with Crippen LogP contribution >= 0.6 is 0 Å². The highest BCUT2D eigenvalue weighted by molar-refractivity contribution is 5.97. The number of rotatable bonds is 5. The van der Waals surface area contributed by atoms with Gasteiger partial charge in [-0.05, 0) is 26.0 Å². The van der Waals surface area contributed by atoms with Gasteiger partial charge in [0.2, 0.25) is 0 Å². The van der Waals surface area contributed by atoms with E-state index in [1.807, 2.05) is 6.92 Å². The molecule has 21 heavy (non-hydrogen) atoms. The highest BCUT2D eigenvalue weighted by atomic mass is 16.4. The van der Waals surface area contributed by atoms with Crippen LogP contribution < -0.4 is 5.32 Å². The van der Waals surface area contributed by atoms with Gasteiger partial charge < -0.3 is 15.4 Å². The maximum Gasteiger partial charge on any atom is 0.326 e. The third-order valence-corrected chi connectivity index (χ3v) is 3.05. The molecule has 1 atom stereocenters. The van der Waals surface area contributed by atoms with Crippen molar-refractivity contribution in [2.75, 3.05) is 0 Å². The molecule has 2 aromatic heterocycles. The molecule has 0 spiro atoms. The number of hydrogen-bond donors (Lipinski definition) is 3. The zero-order valence-electron chi connectivity index (χ0n) is 11.8. The van der Waals surface area contributed by atoms with Gasteiger partial charge in [-0.3, -0.25) is 9.78 Å². The first-order chi connectivity index (χ1) is 9.97. The molecular formula is C14H16N4O3. The summed E-state index contributed by atoms with van der Waals surface area (Å²) in [6.07, 6.45) is 3.13. The number of amides is 1. The van der Waals surface area contributed by atoms with Gasteiger partial charge in [-0.25, -0.2) is 9.78 Å². The molecule has 0 saturated carbocycles. The van der Waals surface area contributed by atoms with Crippen molar-refractivity contribution in [3.63, 3.8) is 0 Å². The van der Waals surface area contributed by atoms with E-state index in [-0.39, 0.29) is 6.42 Å². The van der Waals surface area contributed by atoms with Crippen LogP contribution in [-0.2, 0) is 11.2 Å². The van der Waals surface area contributed by atoms with E-state index in [1.54, 1.807) is 19.1 Å². The Balaban J connectivity index is 2.12. The van der Waals surface area contributed by atoms with Crippen LogP contribution in [-0.4, -0.2) is 38.0 Å². The molecule has 3 N–H and O–H groups in total. The van der Waals surface area contributed by atoms with E-state index in [4.69, 9.17) is 0 Å². The van der Waals surface area contributed by atoms with E-state index in [1.165, 1.54) is 12.5 Å². The zero-order chi connectivity index (χ0) is 15.4.